The van der Waals surface area contributed by atoms with Crippen molar-refractivity contribution in [2.45, 2.75) is 6.42 Å². The van der Waals surface area contributed by atoms with Crippen molar-refractivity contribution >= 4 is 0 Å². The molecule has 0 saturated heterocycles. The first-order valence-electron chi connectivity index (χ1n) is 3.04. The van der Waals surface area contributed by atoms with Crippen molar-refractivity contribution in [3.63, 3.8) is 0 Å². The molecule has 0 saturated carbocycles. The van der Waals surface area contributed by atoms with Crippen LogP contribution in [0.2, 0.25) is 0 Å². The highest BCUT2D eigenvalue weighted by Crippen LogP contribution is 1.90. The number of H-pyrrole nitrogens is 1. The normalized spacial score (nSPS) is 10.9. The standard InChI is InChI=1S/C6H9N3O/c10-4-2-1-3-6-5-7-9-8-6/h1-2,5,10H,3-4H2,(H,7,8,9). The first kappa shape index (κ1) is 6.95. The molecular formula is C6H9N3O. The maximum atomic E-state index is 8.36. The van der Waals surface area contributed by atoms with Gasteiger partial charge >= 0.3 is 0 Å². The van der Waals surface area contributed by atoms with E-state index in [-0.39, 0.29) is 6.61 Å². The van der Waals surface area contributed by atoms with Gasteiger partial charge in [0.25, 0.3) is 0 Å². The number of aromatic amines is 1. The molecule has 0 bridgehead atoms. The maximum absolute atomic E-state index is 8.36. The molecule has 0 unspecified atom stereocenters. The largest absolute Gasteiger partial charge is 0.392 e. The molecule has 1 heterocycles. The molecule has 2 N–H and O–H groups in total. The number of hydrogen-bond donors (Lipinski definition) is 2. The molecule has 0 aliphatic heterocycles. The topological polar surface area (TPSA) is 61.8 Å². The smallest absolute Gasteiger partial charge is 0.0862 e. The van der Waals surface area contributed by atoms with Crippen LogP contribution in [0.5, 0.6) is 0 Å². The van der Waals surface area contributed by atoms with Gasteiger partial charge in [-0.1, -0.05) is 17.4 Å². The van der Waals surface area contributed by atoms with Gasteiger partial charge in [0.2, 0.25) is 0 Å². The SMILES string of the molecule is OCC=CCc1c[nH]nn1. The molecule has 0 aliphatic rings. The maximum Gasteiger partial charge on any atom is 0.0862 e. The first-order valence-corrected chi connectivity index (χ1v) is 3.04. The fourth-order valence-corrected chi connectivity index (χ4v) is 0.604. The number of aliphatic hydroxyl groups is 1. The van der Waals surface area contributed by atoms with Crippen LogP contribution in [-0.2, 0) is 6.42 Å². The summed E-state index contributed by atoms with van der Waals surface area (Å²) in [7, 11) is 0. The van der Waals surface area contributed by atoms with E-state index in [1.54, 1.807) is 12.3 Å². The summed E-state index contributed by atoms with van der Waals surface area (Å²) in [6.07, 6.45) is 5.96. The minimum atomic E-state index is 0.0812. The van der Waals surface area contributed by atoms with Crippen molar-refractivity contribution in [1.82, 2.24) is 15.4 Å². The van der Waals surface area contributed by atoms with Gasteiger partial charge in [-0.15, -0.1) is 5.10 Å². The lowest BCUT2D eigenvalue weighted by molar-refractivity contribution is 0.342. The van der Waals surface area contributed by atoms with Crippen molar-refractivity contribution in [2.75, 3.05) is 6.61 Å². The molecular weight excluding hydrogens is 130 g/mol. The Morgan fingerprint density at radius 3 is 3.10 bits per heavy atom. The van der Waals surface area contributed by atoms with E-state index < -0.39 is 0 Å². The third kappa shape index (κ3) is 1.99. The van der Waals surface area contributed by atoms with E-state index >= 15 is 0 Å². The summed E-state index contributed by atoms with van der Waals surface area (Å²) in [4.78, 5) is 0. The van der Waals surface area contributed by atoms with Crippen molar-refractivity contribution in [2.24, 2.45) is 0 Å². The number of aliphatic hydroxyl groups excluding tert-OH is 1. The number of nitrogens with zero attached hydrogens (tertiary/aromatic N) is 2. The van der Waals surface area contributed by atoms with E-state index in [1.807, 2.05) is 6.08 Å². The fourth-order valence-electron chi connectivity index (χ4n) is 0.604. The second-order valence-electron chi connectivity index (χ2n) is 1.82. The van der Waals surface area contributed by atoms with Crippen LogP contribution in [0.15, 0.2) is 18.3 Å². The van der Waals surface area contributed by atoms with Crippen LogP contribution in [-0.4, -0.2) is 27.1 Å². The zero-order valence-electron chi connectivity index (χ0n) is 5.49. The highest BCUT2D eigenvalue weighted by atomic mass is 16.2. The quantitative estimate of drug-likeness (QED) is 0.574. The highest BCUT2D eigenvalue weighted by molar-refractivity contribution is 4.99. The molecule has 10 heavy (non-hydrogen) atoms. The Balaban J connectivity index is 2.34. The van der Waals surface area contributed by atoms with Gasteiger partial charge in [-0.2, -0.15) is 0 Å². The van der Waals surface area contributed by atoms with Crippen LogP contribution in [0.1, 0.15) is 5.69 Å². The molecule has 0 spiro atoms. The van der Waals surface area contributed by atoms with Crippen LogP contribution in [0.25, 0.3) is 0 Å². The molecule has 1 aromatic heterocycles. The number of nitrogens with one attached hydrogen (secondary N) is 1. The molecule has 0 atom stereocenters. The fraction of sp³-hybridized carbons (Fsp3) is 0.333. The molecule has 0 aromatic carbocycles. The summed E-state index contributed by atoms with van der Waals surface area (Å²) >= 11 is 0. The van der Waals surface area contributed by atoms with Crippen molar-refractivity contribution < 1.29 is 5.11 Å². The number of allylic oxidation sites excluding steroid dienone is 1. The van der Waals surface area contributed by atoms with Gasteiger partial charge in [0.05, 0.1) is 12.3 Å². The van der Waals surface area contributed by atoms with Gasteiger partial charge in [-0.05, 0) is 0 Å². The Labute approximate surface area is 58.6 Å². The lowest BCUT2D eigenvalue weighted by Crippen LogP contribution is -1.81. The van der Waals surface area contributed by atoms with E-state index in [9.17, 15) is 0 Å². The van der Waals surface area contributed by atoms with Crippen molar-refractivity contribution in [1.29, 1.82) is 0 Å². The summed E-state index contributed by atoms with van der Waals surface area (Å²) in [6.45, 7) is 0.0812. The average Bonchev–Trinajstić information content (AvgIpc) is 2.41. The third-order valence-electron chi connectivity index (χ3n) is 1.07. The van der Waals surface area contributed by atoms with Gasteiger partial charge in [-0.3, -0.25) is 5.10 Å². The van der Waals surface area contributed by atoms with Crippen LogP contribution in [0, 0.1) is 0 Å². The summed E-state index contributed by atoms with van der Waals surface area (Å²) in [5, 5.41) is 18.2. The van der Waals surface area contributed by atoms with Crippen LogP contribution in [0.3, 0.4) is 0 Å². The van der Waals surface area contributed by atoms with Crippen LogP contribution >= 0.6 is 0 Å². The first-order chi connectivity index (χ1) is 4.93. The molecule has 4 heteroatoms. The second kappa shape index (κ2) is 3.79. The lowest BCUT2D eigenvalue weighted by atomic mass is 10.3. The number of hydrogen-bond acceptors (Lipinski definition) is 3. The Kier molecular flexibility index (Phi) is 2.63. The Morgan fingerprint density at radius 2 is 2.50 bits per heavy atom. The van der Waals surface area contributed by atoms with Crippen molar-refractivity contribution in [3.05, 3.63) is 24.0 Å². The van der Waals surface area contributed by atoms with E-state index in [2.05, 4.69) is 15.4 Å². The molecule has 0 amide bonds. The summed E-state index contributed by atoms with van der Waals surface area (Å²) in [6, 6.07) is 0. The highest BCUT2D eigenvalue weighted by Gasteiger charge is 1.88. The monoisotopic (exact) mass is 139 g/mol. The predicted molar refractivity (Wildman–Crippen MR) is 36.3 cm³/mol. The van der Waals surface area contributed by atoms with Gasteiger partial charge in [0.1, 0.15) is 0 Å². The lowest BCUT2D eigenvalue weighted by Gasteiger charge is -1.82. The molecule has 4 nitrogen and oxygen atoms in total. The molecule has 0 fully saturated rings. The minimum absolute atomic E-state index is 0.0812. The molecule has 0 radical (unpaired) electrons. The van der Waals surface area contributed by atoms with E-state index in [4.69, 9.17) is 5.11 Å². The van der Waals surface area contributed by atoms with Gasteiger partial charge in [-0.25, -0.2) is 0 Å². The Morgan fingerprint density at radius 1 is 1.60 bits per heavy atom. The van der Waals surface area contributed by atoms with Gasteiger partial charge in [0, 0.05) is 12.6 Å². The predicted octanol–water partition coefficient (Wildman–Crippen LogP) is -0.104. The molecule has 0 aliphatic carbocycles. The number of aromatic nitrogens is 3. The summed E-state index contributed by atoms with van der Waals surface area (Å²) < 4.78 is 0. The average molecular weight is 139 g/mol. The van der Waals surface area contributed by atoms with Gasteiger partial charge in [0.15, 0.2) is 0 Å². The molecule has 1 aromatic rings. The van der Waals surface area contributed by atoms with E-state index in [1.165, 1.54) is 0 Å². The number of rotatable bonds is 3. The molecule has 54 valence electrons. The summed E-state index contributed by atoms with van der Waals surface area (Å²) in [5.41, 5.74) is 0.879. The third-order valence-corrected chi connectivity index (χ3v) is 1.07. The zero-order valence-corrected chi connectivity index (χ0v) is 5.49. The Hall–Kier alpha value is -1.16. The van der Waals surface area contributed by atoms with Crippen molar-refractivity contribution in [3.8, 4) is 0 Å². The van der Waals surface area contributed by atoms with E-state index in [0.29, 0.717) is 0 Å². The summed E-state index contributed by atoms with van der Waals surface area (Å²) in [5.74, 6) is 0. The van der Waals surface area contributed by atoms with E-state index in [0.717, 1.165) is 12.1 Å². The van der Waals surface area contributed by atoms with Gasteiger partial charge < -0.3 is 5.11 Å². The molecule has 1 rings (SSSR count). The minimum Gasteiger partial charge on any atom is -0.392 e. The van der Waals surface area contributed by atoms with Crippen LogP contribution in [0.4, 0.5) is 0 Å². The Bertz CT molecular complexity index is 193. The van der Waals surface area contributed by atoms with Crippen LogP contribution < -0.4 is 0 Å². The second-order valence-corrected chi connectivity index (χ2v) is 1.82. The zero-order chi connectivity index (χ0) is 7.23.